The smallest absolute Gasteiger partial charge is 0.251 e. The van der Waals surface area contributed by atoms with Crippen LogP contribution in [0.1, 0.15) is 48.5 Å². The second-order valence-electron chi connectivity index (χ2n) is 7.75. The lowest BCUT2D eigenvalue weighted by atomic mass is 10.0. The summed E-state index contributed by atoms with van der Waals surface area (Å²) < 4.78 is 11.0. The van der Waals surface area contributed by atoms with E-state index in [9.17, 15) is 14.4 Å². The highest BCUT2D eigenvalue weighted by Gasteiger charge is 2.15. The minimum Gasteiger partial charge on any atom is -0.494 e. The van der Waals surface area contributed by atoms with E-state index >= 15 is 0 Å². The zero-order valence-corrected chi connectivity index (χ0v) is 18.9. The molecule has 0 aliphatic carbocycles. The first-order valence-electron chi connectivity index (χ1n) is 11.4. The van der Waals surface area contributed by atoms with Crippen LogP contribution in [0.15, 0.2) is 42.5 Å². The van der Waals surface area contributed by atoms with Gasteiger partial charge in [0.25, 0.3) is 5.91 Å². The SMILES string of the molecule is CCOCCCNC(=O)c1cccc(NC(=O)CCCOc2ccc3c(c2)CCC(=O)N3)c1. The molecular weight excluding hydrogens is 422 g/mol. The summed E-state index contributed by atoms with van der Waals surface area (Å²) in [5.74, 6) is 0.442. The average molecular weight is 454 g/mol. The normalized spacial score (nSPS) is 12.5. The molecule has 8 nitrogen and oxygen atoms in total. The molecule has 0 bridgehead atoms. The van der Waals surface area contributed by atoms with Crippen LogP contribution >= 0.6 is 0 Å². The number of carbonyl (C=O) groups is 3. The van der Waals surface area contributed by atoms with Crippen LogP contribution in [0.3, 0.4) is 0 Å². The van der Waals surface area contributed by atoms with Crippen LogP contribution in [0.4, 0.5) is 11.4 Å². The van der Waals surface area contributed by atoms with Crippen LogP contribution in [0, 0.1) is 0 Å². The van der Waals surface area contributed by atoms with Crippen molar-refractivity contribution in [3.8, 4) is 5.75 Å². The number of ether oxygens (including phenoxy) is 2. The van der Waals surface area contributed by atoms with Crippen molar-refractivity contribution >= 4 is 29.1 Å². The fraction of sp³-hybridized carbons (Fsp3) is 0.400. The summed E-state index contributed by atoms with van der Waals surface area (Å²) in [4.78, 5) is 36.0. The maximum atomic E-state index is 12.3. The van der Waals surface area contributed by atoms with E-state index in [1.54, 1.807) is 24.3 Å². The lowest BCUT2D eigenvalue weighted by Crippen LogP contribution is -2.25. The summed E-state index contributed by atoms with van der Waals surface area (Å²) in [6.45, 7) is 4.15. The maximum Gasteiger partial charge on any atom is 0.251 e. The third kappa shape index (κ3) is 7.91. The molecule has 0 atom stereocenters. The van der Waals surface area contributed by atoms with Gasteiger partial charge in [-0.1, -0.05) is 6.07 Å². The van der Waals surface area contributed by atoms with Crippen molar-refractivity contribution in [2.24, 2.45) is 0 Å². The van der Waals surface area contributed by atoms with Gasteiger partial charge in [-0.05, 0) is 68.1 Å². The lowest BCUT2D eigenvalue weighted by molar-refractivity contribution is -0.117. The molecule has 1 heterocycles. The number of aryl methyl sites for hydroxylation is 1. The molecule has 0 aromatic heterocycles. The Kier molecular flexibility index (Phi) is 9.26. The van der Waals surface area contributed by atoms with E-state index in [1.807, 2.05) is 25.1 Å². The Hall–Kier alpha value is -3.39. The van der Waals surface area contributed by atoms with E-state index in [1.165, 1.54) is 0 Å². The first-order chi connectivity index (χ1) is 16.0. The standard InChI is InChI=1S/C25H31N3O5/c1-2-32-14-5-13-26-25(31)19-6-3-7-20(16-19)27-23(29)8-4-15-33-21-10-11-22-18(17-21)9-12-24(30)28-22/h3,6-7,10-11,16-17H,2,4-5,8-9,12-15H2,1H3,(H,26,31)(H,27,29)(H,28,30). The van der Waals surface area contributed by atoms with Gasteiger partial charge >= 0.3 is 0 Å². The van der Waals surface area contributed by atoms with Gasteiger partial charge < -0.3 is 25.4 Å². The van der Waals surface area contributed by atoms with Gasteiger partial charge in [0.05, 0.1) is 6.61 Å². The number of amides is 3. The van der Waals surface area contributed by atoms with Crippen molar-refractivity contribution in [1.82, 2.24) is 5.32 Å². The monoisotopic (exact) mass is 453 g/mol. The molecule has 3 amide bonds. The number of hydrogen-bond donors (Lipinski definition) is 3. The van der Waals surface area contributed by atoms with Gasteiger partial charge in [0.15, 0.2) is 0 Å². The quantitative estimate of drug-likeness (QED) is 0.427. The van der Waals surface area contributed by atoms with E-state index in [4.69, 9.17) is 9.47 Å². The molecular formula is C25H31N3O5. The topological polar surface area (TPSA) is 106 Å². The van der Waals surface area contributed by atoms with Crippen molar-refractivity contribution in [3.05, 3.63) is 53.6 Å². The van der Waals surface area contributed by atoms with E-state index in [0.29, 0.717) is 63.3 Å². The van der Waals surface area contributed by atoms with Crippen LogP contribution in [0.5, 0.6) is 5.75 Å². The first-order valence-corrected chi connectivity index (χ1v) is 11.4. The number of nitrogens with one attached hydrogen (secondary N) is 3. The summed E-state index contributed by atoms with van der Waals surface area (Å²) in [5.41, 5.74) is 2.97. The van der Waals surface area contributed by atoms with Gasteiger partial charge in [0.2, 0.25) is 11.8 Å². The molecule has 0 spiro atoms. The van der Waals surface area contributed by atoms with E-state index in [2.05, 4.69) is 16.0 Å². The third-order valence-corrected chi connectivity index (χ3v) is 5.15. The molecule has 0 saturated carbocycles. The van der Waals surface area contributed by atoms with Crippen LogP contribution in [0.2, 0.25) is 0 Å². The average Bonchev–Trinajstić information content (AvgIpc) is 2.81. The number of fused-ring (bicyclic) bond motifs is 1. The van der Waals surface area contributed by atoms with Crippen molar-refractivity contribution in [2.75, 3.05) is 37.0 Å². The minimum atomic E-state index is -0.180. The highest BCUT2D eigenvalue weighted by atomic mass is 16.5. The van der Waals surface area contributed by atoms with Crippen LogP contribution in [-0.2, 0) is 20.7 Å². The van der Waals surface area contributed by atoms with Gasteiger partial charge in [-0.25, -0.2) is 0 Å². The summed E-state index contributed by atoms with van der Waals surface area (Å²) in [5, 5.41) is 8.52. The number of benzene rings is 2. The molecule has 0 radical (unpaired) electrons. The predicted molar refractivity (Wildman–Crippen MR) is 127 cm³/mol. The van der Waals surface area contributed by atoms with Crippen LogP contribution in [-0.4, -0.2) is 44.1 Å². The summed E-state index contributed by atoms with van der Waals surface area (Å²) in [7, 11) is 0. The maximum absolute atomic E-state index is 12.3. The molecule has 3 N–H and O–H groups in total. The molecule has 2 aromatic carbocycles. The molecule has 0 fully saturated rings. The van der Waals surface area contributed by atoms with Crippen molar-refractivity contribution < 1.29 is 23.9 Å². The second kappa shape index (κ2) is 12.6. The fourth-order valence-corrected chi connectivity index (χ4v) is 3.46. The fourth-order valence-electron chi connectivity index (χ4n) is 3.46. The zero-order valence-electron chi connectivity index (χ0n) is 18.9. The van der Waals surface area contributed by atoms with Gasteiger partial charge in [0, 0.05) is 49.5 Å². The van der Waals surface area contributed by atoms with Crippen molar-refractivity contribution in [3.63, 3.8) is 0 Å². The highest BCUT2D eigenvalue weighted by molar-refractivity contribution is 5.97. The van der Waals surface area contributed by atoms with Crippen molar-refractivity contribution in [1.29, 1.82) is 0 Å². The van der Waals surface area contributed by atoms with Crippen LogP contribution < -0.4 is 20.7 Å². The van der Waals surface area contributed by atoms with Crippen LogP contribution in [0.25, 0.3) is 0 Å². The predicted octanol–water partition coefficient (Wildman–Crippen LogP) is 3.53. The van der Waals surface area contributed by atoms with Gasteiger partial charge in [-0.15, -0.1) is 0 Å². The largest absolute Gasteiger partial charge is 0.494 e. The van der Waals surface area contributed by atoms with Crippen molar-refractivity contribution in [2.45, 2.75) is 39.0 Å². The summed E-state index contributed by atoms with van der Waals surface area (Å²) in [6, 6.07) is 12.5. The number of rotatable bonds is 12. The summed E-state index contributed by atoms with van der Waals surface area (Å²) in [6.07, 6.45) is 2.78. The molecule has 0 saturated heterocycles. The Morgan fingerprint density at radius 1 is 1.06 bits per heavy atom. The molecule has 8 heteroatoms. The second-order valence-corrected chi connectivity index (χ2v) is 7.75. The molecule has 0 unspecified atom stereocenters. The summed E-state index contributed by atoms with van der Waals surface area (Å²) >= 11 is 0. The number of carbonyl (C=O) groups excluding carboxylic acids is 3. The number of hydrogen-bond acceptors (Lipinski definition) is 5. The Balaban J connectivity index is 1.38. The van der Waals surface area contributed by atoms with Gasteiger partial charge in [-0.2, -0.15) is 0 Å². The molecule has 3 rings (SSSR count). The molecule has 176 valence electrons. The van der Waals surface area contributed by atoms with Gasteiger partial charge in [0.1, 0.15) is 5.75 Å². The molecule has 1 aliphatic rings. The van der Waals surface area contributed by atoms with E-state index < -0.39 is 0 Å². The minimum absolute atomic E-state index is 0.0332. The van der Waals surface area contributed by atoms with Gasteiger partial charge in [-0.3, -0.25) is 14.4 Å². The van der Waals surface area contributed by atoms with E-state index in [-0.39, 0.29) is 17.7 Å². The number of anilines is 2. The Morgan fingerprint density at radius 2 is 1.94 bits per heavy atom. The highest BCUT2D eigenvalue weighted by Crippen LogP contribution is 2.26. The third-order valence-electron chi connectivity index (χ3n) is 5.15. The molecule has 1 aliphatic heterocycles. The molecule has 33 heavy (non-hydrogen) atoms. The first kappa shape index (κ1) is 24.3. The Morgan fingerprint density at radius 3 is 2.79 bits per heavy atom. The molecule has 2 aromatic rings. The zero-order chi connectivity index (χ0) is 23.5. The van der Waals surface area contributed by atoms with E-state index in [0.717, 1.165) is 23.4 Å². The Bertz CT molecular complexity index is 976. The Labute approximate surface area is 194 Å². The lowest BCUT2D eigenvalue weighted by Gasteiger charge is -2.17.